The fraction of sp³-hybridized carbons (Fsp3) is 1.00. The third-order valence-electron chi connectivity index (χ3n) is 5.22. The Kier molecular flexibility index (Phi) is 2.90. The van der Waals surface area contributed by atoms with Crippen LogP contribution in [0.2, 0.25) is 0 Å². The Bertz CT molecular complexity index is 216. The summed E-state index contributed by atoms with van der Waals surface area (Å²) in [5.41, 5.74) is 1.42. The normalized spacial score (nSPS) is 40.2. The molecule has 0 aromatic rings. The zero-order chi connectivity index (χ0) is 11.1. The Balaban J connectivity index is 1.93. The maximum Gasteiger partial charge on any atom is -0.0292 e. The Morgan fingerprint density at radius 1 is 0.933 bits per heavy atom. The second-order valence-electron chi connectivity index (χ2n) is 7.42. The van der Waals surface area contributed by atoms with Gasteiger partial charge in [-0.25, -0.2) is 0 Å². The zero-order valence-corrected chi connectivity index (χ0v) is 11.1. The first-order chi connectivity index (χ1) is 6.93. The van der Waals surface area contributed by atoms with E-state index in [2.05, 4.69) is 27.7 Å². The van der Waals surface area contributed by atoms with E-state index in [0.717, 1.165) is 17.3 Å². The van der Waals surface area contributed by atoms with E-state index in [4.69, 9.17) is 0 Å². The SMILES string of the molecule is CC(C)C1CCC2(CC1)CCC(C)(C)C2. The lowest BCUT2D eigenvalue weighted by Gasteiger charge is -2.39. The summed E-state index contributed by atoms with van der Waals surface area (Å²) in [6.07, 6.45) is 10.6. The van der Waals surface area contributed by atoms with Gasteiger partial charge in [0, 0.05) is 0 Å². The number of rotatable bonds is 1. The van der Waals surface area contributed by atoms with Crippen molar-refractivity contribution in [2.45, 2.75) is 72.6 Å². The molecule has 0 N–H and O–H groups in total. The van der Waals surface area contributed by atoms with Crippen LogP contribution in [0.25, 0.3) is 0 Å². The molecule has 0 aromatic carbocycles. The van der Waals surface area contributed by atoms with Crippen molar-refractivity contribution in [3.8, 4) is 0 Å². The molecule has 2 saturated carbocycles. The molecule has 0 amide bonds. The minimum absolute atomic E-state index is 0.644. The molecule has 15 heavy (non-hydrogen) atoms. The van der Waals surface area contributed by atoms with E-state index < -0.39 is 0 Å². The van der Waals surface area contributed by atoms with E-state index in [-0.39, 0.29) is 0 Å². The van der Waals surface area contributed by atoms with E-state index in [1.54, 1.807) is 0 Å². The van der Waals surface area contributed by atoms with Gasteiger partial charge in [-0.05, 0) is 67.6 Å². The summed E-state index contributed by atoms with van der Waals surface area (Å²) in [4.78, 5) is 0. The molecule has 0 saturated heterocycles. The highest BCUT2D eigenvalue weighted by atomic mass is 14.5. The topological polar surface area (TPSA) is 0 Å². The fourth-order valence-corrected chi connectivity index (χ4v) is 4.14. The first-order valence-corrected chi connectivity index (χ1v) is 6.93. The van der Waals surface area contributed by atoms with Crippen LogP contribution in [0.1, 0.15) is 72.6 Å². The lowest BCUT2D eigenvalue weighted by atomic mass is 9.66. The lowest BCUT2D eigenvalue weighted by Crippen LogP contribution is -2.27. The van der Waals surface area contributed by atoms with Crippen molar-refractivity contribution in [1.82, 2.24) is 0 Å². The van der Waals surface area contributed by atoms with Crippen molar-refractivity contribution in [2.75, 3.05) is 0 Å². The Morgan fingerprint density at radius 2 is 1.53 bits per heavy atom. The van der Waals surface area contributed by atoms with Gasteiger partial charge in [-0.2, -0.15) is 0 Å². The van der Waals surface area contributed by atoms with Gasteiger partial charge in [0.25, 0.3) is 0 Å². The van der Waals surface area contributed by atoms with Crippen LogP contribution in [0.4, 0.5) is 0 Å². The number of hydrogen-bond donors (Lipinski definition) is 0. The minimum atomic E-state index is 0.644. The van der Waals surface area contributed by atoms with Crippen molar-refractivity contribution in [1.29, 1.82) is 0 Å². The first kappa shape index (κ1) is 11.5. The van der Waals surface area contributed by atoms with Crippen LogP contribution in [0.3, 0.4) is 0 Å². The molecule has 0 aromatic heterocycles. The molecule has 0 atom stereocenters. The molecule has 2 aliphatic rings. The summed E-state index contributed by atoms with van der Waals surface area (Å²) < 4.78 is 0. The van der Waals surface area contributed by atoms with Crippen LogP contribution in [-0.2, 0) is 0 Å². The summed E-state index contributed by atoms with van der Waals surface area (Å²) in [5.74, 6) is 1.94. The maximum absolute atomic E-state index is 2.47. The molecular formula is C15H28. The largest absolute Gasteiger partial charge is 0.0625 e. The summed E-state index contributed by atoms with van der Waals surface area (Å²) in [6, 6.07) is 0. The van der Waals surface area contributed by atoms with Crippen LogP contribution in [-0.4, -0.2) is 0 Å². The molecule has 0 bridgehead atoms. The zero-order valence-electron chi connectivity index (χ0n) is 11.1. The van der Waals surface area contributed by atoms with Gasteiger partial charge in [-0.15, -0.1) is 0 Å². The molecule has 2 rings (SSSR count). The third-order valence-corrected chi connectivity index (χ3v) is 5.22. The molecule has 1 spiro atoms. The van der Waals surface area contributed by atoms with E-state index in [0.29, 0.717) is 5.41 Å². The Labute approximate surface area is 95.8 Å². The average molecular weight is 208 g/mol. The Hall–Kier alpha value is 0. The molecule has 0 heteroatoms. The quantitative estimate of drug-likeness (QED) is 0.567. The summed E-state index contributed by atoms with van der Waals surface area (Å²) in [7, 11) is 0. The van der Waals surface area contributed by atoms with Crippen molar-refractivity contribution in [2.24, 2.45) is 22.7 Å². The monoisotopic (exact) mass is 208 g/mol. The second-order valence-corrected chi connectivity index (χ2v) is 7.42. The summed E-state index contributed by atoms with van der Waals surface area (Å²) in [5, 5.41) is 0. The van der Waals surface area contributed by atoms with Crippen LogP contribution in [0, 0.1) is 22.7 Å². The van der Waals surface area contributed by atoms with Crippen LogP contribution in [0.5, 0.6) is 0 Å². The van der Waals surface area contributed by atoms with Gasteiger partial charge < -0.3 is 0 Å². The lowest BCUT2D eigenvalue weighted by molar-refractivity contribution is 0.119. The highest BCUT2D eigenvalue weighted by Crippen LogP contribution is 2.57. The molecule has 88 valence electrons. The van der Waals surface area contributed by atoms with Gasteiger partial charge in [0.05, 0.1) is 0 Å². The highest BCUT2D eigenvalue weighted by Gasteiger charge is 2.44. The second kappa shape index (κ2) is 3.79. The van der Waals surface area contributed by atoms with Crippen molar-refractivity contribution < 1.29 is 0 Å². The molecule has 0 heterocycles. The molecule has 0 unspecified atom stereocenters. The van der Waals surface area contributed by atoms with Crippen LogP contribution >= 0.6 is 0 Å². The van der Waals surface area contributed by atoms with Gasteiger partial charge in [0.2, 0.25) is 0 Å². The predicted molar refractivity (Wildman–Crippen MR) is 66.9 cm³/mol. The summed E-state index contributed by atoms with van der Waals surface area (Å²) in [6.45, 7) is 9.75. The van der Waals surface area contributed by atoms with E-state index in [1.807, 2.05) is 0 Å². The van der Waals surface area contributed by atoms with Crippen LogP contribution < -0.4 is 0 Å². The first-order valence-electron chi connectivity index (χ1n) is 6.93. The molecular weight excluding hydrogens is 180 g/mol. The average Bonchev–Trinajstić information content (AvgIpc) is 2.43. The van der Waals surface area contributed by atoms with Crippen molar-refractivity contribution >= 4 is 0 Å². The molecule has 2 fully saturated rings. The maximum atomic E-state index is 2.47. The van der Waals surface area contributed by atoms with Gasteiger partial charge >= 0.3 is 0 Å². The van der Waals surface area contributed by atoms with Gasteiger partial charge in [0.1, 0.15) is 0 Å². The smallest absolute Gasteiger partial charge is 0.0292 e. The third kappa shape index (κ3) is 2.40. The highest BCUT2D eigenvalue weighted by molar-refractivity contribution is 4.96. The van der Waals surface area contributed by atoms with E-state index in [1.165, 1.54) is 44.9 Å². The van der Waals surface area contributed by atoms with Gasteiger partial charge in [-0.3, -0.25) is 0 Å². The number of hydrogen-bond acceptors (Lipinski definition) is 0. The fourth-order valence-electron chi connectivity index (χ4n) is 4.14. The Morgan fingerprint density at radius 3 is 1.93 bits per heavy atom. The summed E-state index contributed by atoms with van der Waals surface area (Å²) >= 11 is 0. The molecule has 0 radical (unpaired) electrons. The van der Waals surface area contributed by atoms with Crippen LogP contribution in [0.15, 0.2) is 0 Å². The standard InChI is InChI=1S/C15H28/c1-12(2)13-5-7-15(8-6-13)10-9-14(3,4)11-15/h12-13H,5-11H2,1-4H3. The van der Waals surface area contributed by atoms with Crippen molar-refractivity contribution in [3.05, 3.63) is 0 Å². The minimum Gasteiger partial charge on any atom is -0.0625 e. The molecule has 0 aliphatic heterocycles. The van der Waals surface area contributed by atoms with Crippen molar-refractivity contribution in [3.63, 3.8) is 0 Å². The molecule has 0 nitrogen and oxygen atoms in total. The molecule has 2 aliphatic carbocycles. The van der Waals surface area contributed by atoms with Gasteiger partial charge in [-0.1, -0.05) is 27.7 Å². The predicted octanol–water partition coefficient (Wildman–Crippen LogP) is 5.03. The van der Waals surface area contributed by atoms with Gasteiger partial charge in [0.15, 0.2) is 0 Å². The van der Waals surface area contributed by atoms with E-state index in [9.17, 15) is 0 Å². The van der Waals surface area contributed by atoms with E-state index >= 15 is 0 Å².